The van der Waals surface area contributed by atoms with Crippen molar-refractivity contribution in [3.05, 3.63) is 48.0 Å². The lowest BCUT2D eigenvalue weighted by Crippen LogP contribution is -2.22. The highest BCUT2D eigenvalue weighted by atomic mass is 16.5. The number of nitrogens with one attached hydrogen (secondary N) is 2. The summed E-state index contributed by atoms with van der Waals surface area (Å²) in [6.07, 6.45) is 0. The Bertz CT molecular complexity index is 723. The molecule has 126 valence electrons. The van der Waals surface area contributed by atoms with Crippen molar-refractivity contribution in [2.75, 3.05) is 32.0 Å². The van der Waals surface area contributed by atoms with E-state index in [0.29, 0.717) is 22.9 Å². The second-order valence-electron chi connectivity index (χ2n) is 4.65. The largest absolute Gasteiger partial charge is 0.494 e. The van der Waals surface area contributed by atoms with Crippen LogP contribution in [0.4, 0.5) is 16.2 Å². The lowest BCUT2D eigenvalue weighted by molar-refractivity contribution is 0.0602. The molecule has 0 heterocycles. The lowest BCUT2D eigenvalue weighted by Gasteiger charge is -2.15. The molecular weight excluding hydrogens is 312 g/mol. The summed E-state index contributed by atoms with van der Waals surface area (Å²) in [5, 5.41) is 5.28. The van der Waals surface area contributed by atoms with Gasteiger partial charge in [-0.05, 0) is 24.3 Å². The zero-order valence-electron chi connectivity index (χ0n) is 13.6. The van der Waals surface area contributed by atoms with Gasteiger partial charge in [-0.1, -0.05) is 18.2 Å². The van der Waals surface area contributed by atoms with E-state index < -0.39 is 12.0 Å². The number of carbonyl (C=O) groups is 2. The van der Waals surface area contributed by atoms with Gasteiger partial charge in [-0.2, -0.15) is 0 Å². The fourth-order valence-corrected chi connectivity index (χ4v) is 2.12. The molecule has 0 aliphatic carbocycles. The average molecular weight is 330 g/mol. The van der Waals surface area contributed by atoms with Gasteiger partial charge >= 0.3 is 12.0 Å². The molecule has 0 aromatic heterocycles. The summed E-state index contributed by atoms with van der Waals surface area (Å²) in [6.45, 7) is 0. The van der Waals surface area contributed by atoms with Crippen LogP contribution in [0.25, 0.3) is 0 Å². The minimum Gasteiger partial charge on any atom is -0.494 e. The van der Waals surface area contributed by atoms with Gasteiger partial charge in [-0.25, -0.2) is 9.59 Å². The van der Waals surface area contributed by atoms with Crippen molar-refractivity contribution in [3.63, 3.8) is 0 Å². The van der Waals surface area contributed by atoms with Gasteiger partial charge in [0, 0.05) is 0 Å². The van der Waals surface area contributed by atoms with Crippen molar-refractivity contribution in [1.82, 2.24) is 0 Å². The van der Waals surface area contributed by atoms with Gasteiger partial charge in [-0.15, -0.1) is 0 Å². The zero-order chi connectivity index (χ0) is 17.5. The second-order valence-corrected chi connectivity index (χ2v) is 4.65. The Morgan fingerprint density at radius 2 is 1.46 bits per heavy atom. The number of esters is 1. The molecule has 24 heavy (non-hydrogen) atoms. The molecule has 2 aromatic carbocycles. The van der Waals surface area contributed by atoms with E-state index in [4.69, 9.17) is 14.2 Å². The zero-order valence-corrected chi connectivity index (χ0v) is 13.6. The number of hydrogen-bond acceptors (Lipinski definition) is 5. The summed E-state index contributed by atoms with van der Waals surface area (Å²) >= 11 is 0. The second kappa shape index (κ2) is 7.87. The maximum absolute atomic E-state index is 12.3. The number of amides is 2. The molecule has 2 aromatic rings. The Labute approximate surface area is 139 Å². The summed E-state index contributed by atoms with van der Waals surface area (Å²) in [7, 11) is 4.26. The van der Waals surface area contributed by atoms with Crippen molar-refractivity contribution in [1.29, 1.82) is 0 Å². The van der Waals surface area contributed by atoms with Crippen molar-refractivity contribution >= 4 is 23.4 Å². The summed E-state index contributed by atoms with van der Waals surface area (Å²) in [6, 6.07) is 11.1. The minimum atomic E-state index is -0.547. The number of methoxy groups -OCH3 is 3. The first-order valence-electron chi connectivity index (χ1n) is 7.07. The first kappa shape index (κ1) is 17.1. The number of carbonyl (C=O) groups excluding carboxylic acids is 2. The summed E-state index contributed by atoms with van der Waals surface area (Å²) in [5.41, 5.74) is 0.966. The van der Waals surface area contributed by atoms with Crippen LogP contribution in [0.5, 0.6) is 11.5 Å². The molecule has 0 bridgehead atoms. The van der Waals surface area contributed by atoms with Crippen LogP contribution in [0, 0.1) is 0 Å². The highest BCUT2D eigenvalue weighted by molar-refractivity contribution is 6.06. The summed E-state index contributed by atoms with van der Waals surface area (Å²) < 4.78 is 15.1. The Hall–Kier alpha value is -3.22. The third kappa shape index (κ3) is 3.75. The number of ether oxygens (including phenoxy) is 3. The van der Waals surface area contributed by atoms with Crippen LogP contribution >= 0.6 is 0 Å². The Morgan fingerprint density at radius 1 is 0.833 bits per heavy atom. The highest BCUT2D eigenvalue weighted by Crippen LogP contribution is 2.34. The van der Waals surface area contributed by atoms with Crippen molar-refractivity contribution in [2.24, 2.45) is 0 Å². The molecule has 2 rings (SSSR count). The molecule has 2 amide bonds. The van der Waals surface area contributed by atoms with Gasteiger partial charge in [0.05, 0.1) is 32.6 Å². The Kier molecular flexibility index (Phi) is 5.62. The fraction of sp³-hybridized carbons (Fsp3) is 0.176. The van der Waals surface area contributed by atoms with Crippen LogP contribution in [0.3, 0.4) is 0 Å². The number of hydrogen-bond donors (Lipinski definition) is 2. The molecule has 0 saturated heterocycles. The van der Waals surface area contributed by atoms with Crippen molar-refractivity contribution < 1.29 is 23.8 Å². The van der Waals surface area contributed by atoms with Gasteiger partial charge in [-0.3, -0.25) is 0 Å². The SMILES string of the molecule is COC(=O)c1ccccc1NC(=O)Nc1c(OC)cccc1OC. The van der Waals surface area contributed by atoms with E-state index in [1.54, 1.807) is 42.5 Å². The smallest absolute Gasteiger partial charge is 0.339 e. The van der Waals surface area contributed by atoms with Gasteiger partial charge in [0.1, 0.15) is 17.2 Å². The van der Waals surface area contributed by atoms with Crippen LogP contribution in [-0.4, -0.2) is 33.3 Å². The Morgan fingerprint density at radius 3 is 2.04 bits per heavy atom. The van der Waals surface area contributed by atoms with Crippen LogP contribution < -0.4 is 20.1 Å². The van der Waals surface area contributed by atoms with E-state index in [1.807, 2.05) is 0 Å². The summed E-state index contributed by atoms with van der Waals surface area (Å²) in [5.74, 6) is 0.359. The monoisotopic (exact) mass is 330 g/mol. The number of para-hydroxylation sites is 2. The van der Waals surface area contributed by atoms with Gasteiger partial charge in [0.15, 0.2) is 0 Å². The lowest BCUT2D eigenvalue weighted by atomic mass is 10.2. The number of anilines is 2. The topological polar surface area (TPSA) is 85.9 Å². The van der Waals surface area contributed by atoms with Gasteiger partial charge in [0.25, 0.3) is 0 Å². The standard InChI is InChI=1S/C17H18N2O5/c1-22-13-9-6-10-14(23-2)15(13)19-17(21)18-12-8-5-4-7-11(12)16(20)24-3/h4-10H,1-3H3,(H2,18,19,21). The molecular formula is C17H18N2O5. The molecule has 0 saturated carbocycles. The number of benzene rings is 2. The van der Waals surface area contributed by atoms with Crippen LogP contribution in [0.15, 0.2) is 42.5 Å². The first-order valence-corrected chi connectivity index (χ1v) is 7.07. The summed E-state index contributed by atoms with van der Waals surface area (Å²) in [4.78, 5) is 24.0. The van der Waals surface area contributed by atoms with E-state index in [9.17, 15) is 9.59 Å². The number of urea groups is 1. The third-order valence-corrected chi connectivity index (χ3v) is 3.25. The van der Waals surface area contributed by atoms with Crippen LogP contribution in [0.1, 0.15) is 10.4 Å². The van der Waals surface area contributed by atoms with Crippen molar-refractivity contribution in [2.45, 2.75) is 0 Å². The molecule has 0 spiro atoms. The van der Waals surface area contributed by atoms with Gasteiger partial charge < -0.3 is 24.8 Å². The van der Waals surface area contributed by atoms with E-state index >= 15 is 0 Å². The normalized spacial score (nSPS) is 9.79. The van der Waals surface area contributed by atoms with Crippen LogP contribution in [-0.2, 0) is 4.74 Å². The molecule has 0 fully saturated rings. The van der Waals surface area contributed by atoms with Crippen LogP contribution in [0.2, 0.25) is 0 Å². The highest BCUT2D eigenvalue weighted by Gasteiger charge is 2.16. The average Bonchev–Trinajstić information content (AvgIpc) is 2.61. The predicted octanol–water partition coefficient (Wildman–Crippen LogP) is 3.13. The first-order chi connectivity index (χ1) is 11.6. The van der Waals surface area contributed by atoms with Crippen molar-refractivity contribution in [3.8, 4) is 11.5 Å². The van der Waals surface area contributed by atoms with E-state index in [2.05, 4.69) is 10.6 Å². The van der Waals surface area contributed by atoms with E-state index in [0.717, 1.165) is 0 Å². The quantitative estimate of drug-likeness (QED) is 0.823. The molecule has 0 unspecified atom stereocenters. The minimum absolute atomic E-state index is 0.252. The molecule has 2 N–H and O–H groups in total. The van der Waals surface area contributed by atoms with E-state index in [1.165, 1.54) is 21.3 Å². The molecule has 0 atom stereocenters. The maximum atomic E-state index is 12.3. The molecule has 7 heteroatoms. The molecule has 0 aliphatic rings. The number of rotatable bonds is 5. The molecule has 0 radical (unpaired) electrons. The third-order valence-electron chi connectivity index (χ3n) is 3.25. The predicted molar refractivity (Wildman–Crippen MR) is 90.0 cm³/mol. The molecule has 0 aliphatic heterocycles. The maximum Gasteiger partial charge on any atom is 0.339 e. The fourth-order valence-electron chi connectivity index (χ4n) is 2.12. The van der Waals surface area contributed by atoms with Gasteiger partial charge in [0.2, 0.25) is 0 Å². The van der Waals surface area contributed by atoms with E-state index in [-0.39, 0.29) is 5.56 Å². The molecule has 7 nitrogen and oxygen atoms in total. The Balaban J connectivity index is 2.23.